The van der Waals surface area contributed by atoms with Crippen LogP contribution in [0.25, 0.3) is 5.69 Å². The van der Waals surface area contributed by atoms with Crippen LogP contribution in [0.1, 0.15) is 72.3 Å². The summed E-state index contributed by atoms with van der Waals surface area (Å²) in [7, 11) is 0. The lowest BCUT2D eigenvalue weighted by Gasteiger charge is -2.27. The van der Waals surface area contributed by atoms with E-state index in [4.69, 9.17) is 0 Å². The topological polar surface area (TPSA) is 128 Å². The molecule has 0 radical (unpaired) electrons. The van der Waals surface area contributed by atoms with E-state index in [0.29, 0.717) is 41.8 Å². The number of phenolic OH excluding ortho intramolecular Hbond substituents is 1. The predicted octanol–water partition coefficient (Wildman–Crippen LogP) is 6.54. The fourth-order valence-corrected chi connectivity index (χ4v) is 6.14. The highest BCUT2D eigenvalue weighted by atomic mass is 16.4. The molecule has 1 saturated heterocycles. The summed E-state index contributed by atoms with van der Waals surface area (Å²) in [4.78, 5) is 27.7. The molecule has 1 aliphatic heterocycles. The molecule has 216 valence electrons. The zero-order chi connectivity index (χ0) is 29.3. The van der Waals surface area contributed by atoms with Gasteiger partial charge in [-0.2, -0.15) is 0 Å². The quantitative estimate of drug-likeness (QED) is 0.282. The largest absolute Gasteiger partial charge is 0.505 e. The maximum absolute atomic E-state index is 13.8. The number of aliphatic carboxylic acids is 1. The number of likely N-dealkylation sites (tertiary alicyclic amines) is 1. The summed E-state index contributed by atoms with van der Waals surface area (Å²) < 4.78 is 1.30. The van der Waals surface area contributed by atoms with Crippen molar-refractivity contribution in [1.82, 2.24) is 9.47 Å². The molecular formula is C32H38N4O5. The van der Waals surface area contributed by atoms with Crippen LogP contribution in [-0.4, -0.2) is 43.8 Å². The smallest absolute Gasteiger partial charge is 0.306 e. The molecule has 2 fully saturated rings. The molecule has 9 heteroatoms. The molecule has 0 amide bonds. The summed E-state index contributed by atoms with van der Waals surface area (Å²) in [5.41, 5.74) is 4.26. The number of nitrogens with zero attached hydrogens (tertiary/aromatic N) is 4. The van der Waals surface area contributed by atoms with Gasteiger partial charge in [0, 0.05) is 12.1 Å². The molecule has 3 aromatic rings. The molecule has 0 bridgehead atoms. The van der Waals surface area contributed by atoms with Crippen molar-refractivity contribution in [3.05, 3.63) is 74.6 Å². The van der Waals surface area contributed by atoms with Crippen LogP contribution < -0.4 is 5.56 Å². The van der Waals surface area contributed by atoms with Gasteiger partial charge < -0.3 is 15.3 Å². The molecule has 3 N–H and O–H groups in total. The standard InChI is InChI=1S/C32H38N4O5/c1-19-12-13-24(16-20(19)2)36-30(38)26(18-35-14-4-5-15-35)21(3)28(31(36)39)34-33-27-11-7-10-25(29(27)37)22-8-6-9-23(17-22)32(40)41/h7,10-13,16,22-23,37-38H,4-6,8-9,14-15,17-18H2,1-3H3,(H,40,41). The van der Waals surface area contributed by atoms with Crippen molar-refractivity contribution in [3.63, 3.8) is 0 Å². The van der Waals surface area contributed by atoms with Crippen molar-refractivity contribution < 1.29 is 20.1 Å². The average Bonchev–Trinajstić information content (AvgIpc) is 3.47. The number of carboxylic acids is 1. The first-order valence-corrected chi connectivity index (χ1v) is 14.4. The lowest BCUT2D eigenvalue weighted by atomic mass is 9.77. The van der Waals surface area contributed by atoms with Crippen molar-refractivity contribution in [2.24, 2.45) is 16.1 Å². The van der Waals surface area contributed by atoms with Crippen molar-refractivity contribution >= 4 is 17.3 Å². The van der Waals surface area contributed by atoms with E-state index in [1.165, 1.54) is 4.57 Å². The number of hydrogen-bond donors (Lipinski definition) is 3. The number of pyridine rings is 1. The molecule has 2 heterocycles. The molecule has 1 aliphatic carbocycles. The second-order valence-electron chi connectivity index (χ2n) is 11.5. The Hall–Kier alpha value is -3.98. The molecule has 2 aliphatic rings. The molecule has 2 atom stereocenters. The summed E-state index contributed by atoms with van der Waals surface area (Å²) >= 11 is 0. The zero-order valence-corrected chi connectivity index (χ0v) is 23.9. The van der Waals surface area contributed by atoms with Crippen LogP contribution in [0.2, 0.25) is 0 Å². The summed E-state index contributed by atoms with van der Waals surface area (Å²) in [6.07, 6.45) is 4.84. The van der Waals surface area contributed by atoms with Crippen LogP contribution in [0.15, 0.2) is 51.4 Å². The Balaban J connectivity index is 1.57. The lowest BCUT2D eigenvalue weighted by Crippen LogP contribution is -2.25. The van der Waals surface area contributed by atoms with Gasteiger partial charge >= 0.3 is 5.97 Å². The van der Waals surface area contributed by atoms with Gasteiger partial charge in [-0.15, -0.1) is 10.2 Å². The van der Waals surface area contributed by atoms with Crippen LogP contribution in [-0.2, 0) is 11.3 Å². The van der Waals surface area contributed by atoms with Gasteiger partial charge in [-0.1, -0.05) is 24.6 Å². The average molecular weight is 559 g/mol. The van der Waals surface area contributed by atoms with Crippen molar-refractivity contribution in [3.8, 4) is 17.3 Å². The Morgan fingerprint density at radius 2 is 1.73 bits per heavy atom. The minimum absolute atomic E-state index is 0.0458. The van der Waals surface area contributed by atoms with Gasteiger partial charge in [-0.05, 0) is 112 Å². The number of aromatic hydroxyl groups is 2. The first-order chi connectivity index (χ1) is 19.7. The molecule has 41 heavy (non-hydrogen) atoms. The van der Waals surface area contributed by atoms with E-state index >= 15 is 0 Å². The molecule has 2 aromatic carbocycles. The molecule has 0 spiro atoms. The molecular weight excluding hydrogens is 520 g/mol. The van der Waals surface area contributed by atoms with Gasteiger partial charge in [0.25, 0.3) is 5.56 Å². The van der Waals surface area contributed by atoms with Crippen LogP contribution in [0, 0.1) is 26.7 Å². The van der Waals surface area contributed by atoms with E-state index in [2.05, 4.69) is 15.1 Å². The third-order valence-electron chi connectivity index (χ3n) is 8.79. The third kappa shape index (κ3) is 5.77. The van der Waals surface area contributed by atoms with Gasteiger partial charge in [-0.3, -0.25) is 14.5 Å². The number of aromatic nitrogens is 1. The minimum Gasteiger partial charge on any atom is -0.505 e. The fourth-order valence-electron chi connectivity index (χ4n) is 6.14. The summed E-state index contributed by atoms with van der Waals surface area (Å²) in [6, 6.07) is 10.8. The second-order valence-corrected chi connectivity index (χ2v) is 11.5. The van der Waals surface area contributed by atoms with Gasteiger partial charge in [0.1, 0.15) is 11.4 Å². The number of azo groups is 1. The molecule has 1 saturated carbocycles. The van der Waals surface area contributed by atoms with Crippen LogP contribution in [0.4, 0.5) is 11.4 Å². The number of phenols is 1. The predicted molar refractivity (Wildman–Crippen MR) is 157 cm³/mol. The fraction of sp³-hybridized carbons (Fsp3) is 0.438. The Labute approximate surface area is 239 Å². The van der Waals surface area contributed by atoms with Gasteiger partial charge in [-0.25, -0.2) is 4.57 Å². The highest BCUT2D eigenvalue weighted by molar-refractivity contribution is 5.70. The van der Waals surface area contributed by atoms with Gasteiger partial charge in [0.05, 0.1) is 11.6 Å². The first kappa shape index (κ1) is 28.5. The summed E-state index contributed by atoms with van der Waals surface area (Å²) in [5, 5.41) is 40.7. The highest BCUT2D eigenvalue weighted by Gasteiger charge is 2.30. The summed E-state index contributed by atoms with van der Waals surface area (Å²) in [6.45, 7) is 8.05. The Morgan fingerprint density at radius 1 is 0.976 bits per heavy atom. The first-order valence-electron chi connectivity index (χ1n) is 14.4. The number of para-hydroxylation sites is 1. The van der Waals surface area contributed by atoms with E-state index in [1.54, 1.807) is 25.1 Å². The van der Waals surface area contributed by atoms with E-state index < -0.39 is 17.4 Å². The van der Waals surface area contributed by atoms with E-state index in [-0.39, 0.29) is 28.9 Å². The number of aryl methyl sites for hydroxylation is 2. The molecule has 5 rings (SSSR count). The van der Waals surface area contributed by atoms with Crippen LogP contribution >= 0.6 is 0 Å². The third-order valence-corrected chi connectivity index (χ3v) is 8.79. The molecule has 1 aromatic heterocycles. The van der Waals surface area contributed by atoms with Gasteiger partial charge in [0.15, 0.2) is 5.69 Å². The van der Waals surface area contributed by atoms with Crippen molar-refractivity contribution in [2.45, 2.75) is 71.8 Å². The highest BCUT2D eigenvalue weighted by Crippen LogP contribution is 2.43. The zero-order valence-electron chi connectivity index (χ0n) is 23.9. The normalized spacial score (nSPS) is 19.7. The number of carbonyl (C=O) groups is 1. The lowest BCUT2D eigenvalue weighted by molar-refractivity contribution is -0.143. The minimum atomic E-state index is -0.808. The number of rotatable bonds is 7. The Kier molecular flexibility index (Phi) is 8.26. The van der Waals surface area contributed by atoms with Crippen molar-refractivity contribution in [2.75, 3.05) is 13.1 Å². The van der Waals surface area contributed by atoms with E-state index in [9.17, 15) is 24.9 Å². The molecule has 9 nitrogen and oxygen atoms in total. The Morgan fingerprint density at radius 3 is 2.44 bits per heavy atom. The number of carboxylic acid groups (broad SMARTS) is 1. The number of benzene rings is 2. The Bertz CT molecular complexity index is 1550. The second kappa shape index (κ2) is 11.9. The molecule has 2 unspecified atom stereocenters. The maximum Gasteiger partial charge on any atom is 0.306 e. The monoisotopic (exact) mass is 558 g/mol. The van der Waals surface area contributed by atoms with E-state index in [0.717, 1.165) is 49.9 Å². The van der Waals surface area contributed by atoms with Crippen molar-refractivity contribution in [1.29, 1.82) is 0 Å². The van der Waals surface area contributed by atoms with Crippen LogP contribution in [0.3, 0.4) is 0 Å². The maximum atomic E-state index is 13.8. The summed E-state index contributed by atoms with van der Waals surface area (Å²) in [5.74, 6) is -1.48. The SMILES string of the molecule is Cc1ccc(-n2c(O)c(CN3CCCC3)c(C)c(N=Nc3cccc(C4CCCC(C(=O)O)C4)c3O)c2=O)cc1C. The number of hydrogen-bond acceptors (Lipinski definition) is 7. The van der Waals surface area contributed by atoms with Crippen LogP contribution in [0.5, 0.6) is 11.6 Å². The van der Waals surface area contributed by atoms with Gasteiger partial charge in [0.2, 0.25) is 5.88 Å². The van der Waals surface area contributed by atoms with E-state index in [1.807, 2.05) is 32.0 Å².